The van der Waals surface area contributed by atoms with Crippen LogP contribution in [0.1, 0.15) is 32.6 Å². The monoisotopic (exact) mass is 288 g/mol. The maximum atomic E-state index is 11.3. The van der Waals surface area contributed by atoms with Gasteiger partial charge in [-0.25, -0.2) is 4.79 Å². The summed E-state index contributed by atoms with van der Waals surface area (Å²) in [6.45, 7) is 1.93. The van der Waals surface area contributed by atoms with Crippen LogP contribution in [0.4, 0.5) is 0 Å². The molecule has 2 unspecified atom stereocenters. The molecular weight excluding hydrogens is 260 g/mol. The number of aliphatic hydroxyl groups is 3. The molecule has 2 aliphatic rings. The molecule has 1 aliphatic heterocycles. The van der Waals surface area contributed by atoms with Gasteiger partial charge in [0.1, 0.15) is 6.10 Å². The molecular formula is C15H22O5. The average Bonchev–Trinajstić information content (AvgIpc) is 3.07. The largest absolute Gasteiger partial charge is 0.455 e. The van der Waals surface area contributed by atoms with E-state index in [9.17, 15) is 4.79 Å². The minimum atomic E-state index is -0.441. The molecule has 0 saturated heterocycles. The van der Waals surface area contributed by atoms with Gasteiger partial charge >= 0.3 is 5.97 Å². The zero-order chi connectivity index (χ0) is 16.8. The van der Waals surface area contributed by atoms with Crippen LogP contribution in [0.25, 0.3) is 0 Å². The number of ether oxygens (including phenoxy) is 1. The topological polar surface area (TPSA) is 87.0 Å². The molecule has 1 fully saturated rings. The maximum absolute atomic E-state index is 11.3. The van der Waals surface area contributed by atoms with Crippen molar-refractivity contribution < 1.29 is 24.9 Å². The average molecular weight is 288 g/mol. The Morgan fingerprint density at radius 1 is 1.55 bits per heavy atom. The minimum Gasteiger partial charge on any atom is -0.455 e. The van der Waals surface area contributed by atoms with Gasteiger partial charge in [-0.1, -0.05) is 19.1 Å². The van der Waals surface area contributed by atoms with Crippen molar-refractivity contribution in [1.29, 1.82) is 4.29 Å². The lowest BCUT2D eigenvalue weighted by Gasteiger charge is -2.12. The molecule has 0 amide bonds. The lowest BCUT2D eigenvalue weighted by molar-refractivity contribution is -0.139. The van der Waals surface area contributed by atoms with Gasteiger partial charge in [0.15, 0.2) is 0 Å². The lowest BCUT2D eigenvalue weighted by atomic mass is 9.98. The summed E-state index contributed by atoms with van der Waals surface area (Å²) in [5.74, 6) is -0.588. The zero-order valence-corrected chi connectivity index (χ0v) is 11.5. The highest BCUT2D eigenvalue weighted by atomic mass is 16.5. The number of carbonyl (C=O) groups is 1. The van der Waals surface area contributed by atoms with Crippen molar-refractivity contribution in [1.82, 2.24) is 0 Å². The van der Waals surface area contributed by atoms with Gasteiger partial charge in [-0.15, -0.1) is 0 Å². The zero-order valence-electron chi connectivity index (χ0n) is 14.5. The van der Waals surface area contributed by atoms with E-state index in [2.05, 4.69) is 5.11 Å². The van der Waals surface area contributed by atoms with Gasteiger partial charge in [0.25, 0.3) is 0 Å². The van der Waals surface area contributed by atoms with Crippen molar-refractivity contribution in [2.45, 2.75) is 57.0 Å². The number of hydrogen-bond donors (Lipinski definition) is 3. The highest BCUT2D eigenvalue weighted by Crippen LogP contribution is 2.38. The van der Waals surface area contributed by atoms with Crippen molar-refractivity contribution in [2.75, 3.05) is 0 Å². The second-order valence-corrected chi connectivity index (χ2v) is 5.40. The molecule has 5 atom stereocenters. The van der Waals surface area contributed by atoms with E-state index in [-0.39, 0.29) is 30.2 Å². The van der Waals surface area contributed by atoms with Gasteiger partial charge in [-0.3, -0.25) is 0 Å². The van der Waals surface area contributed by atoms with Crippen molar-refractivity contribution in [3.05, 3.63) is 23.8 Å². The Hall–Kier alpha value is -1.17. The lowest BCUT2D eigenvalue weighted by Crippen LogP contribution is -2.14. The minimum absolute atomic E-state index is 0.176. The summed E-state index contributed by atoms with van der Waals surface area (Å²) in [5.41, 5.74) is 0.813. The Balaban J connectivity index is 1.98. The summed E-state index contributed by atoms with van der Waals surface area (Å²) >= 11 is 0. The molecule has 0 radical (unpaired) electrons. The summed E-state index contributed by atoms with van der Waals surface area (Å²) in [6.07, 6.45) is 6.06. The molecule has 1 aliphatic carbocycles. The van der Waals surface area contributed by atoms with Crippen LogP contribution in [0, 0.1) is 5.92 Å². The van der Waals surface area contributed by atoms with Gasteiger partial charge in [-0.2, -0.15) is 0 Å². The van der Waals surface area contributed by atoms with Crippen LogP contribution in [0.3, 0.4) is 0 Å². The van der Waals surface area contributed by atoms with Crippen molar-refractivity contribution in [3.63, 3.8) is 0 Å². The second-order valence-electron chi connectivity index (χ2n) is 5.40. The predicted octanol–water partition coefficient (Wildman–Crippen LogP) is 0.687. The van der Waals surface area contributed by atoms with E-state index in [0.717, 1.165) is 12.0 Å². The molecule has 5 heteroatoms. The standard InChI is InChI=1S/C15H22O5/c1-2-9(16)3-4-10(17)5-6-11-12-7-15(19)20-14(12)8-13(11)18/h5-7,9-11,13-14,16-18H,2-4,8H2,1H3/t9?,10?,11-,13+,14-/m0/s1/i16T,17T,18T. The summed E-state index contributed by atoms with van der Waals surface area (Å²) in [4.78, 5) is 11.3. The molecule has 0 spiro atoms. The molecule has 0 aromatic heterocycles. The Morgan fingerprint density at radius 2 is 2.45 bits per heavy atom. The van der Waals surface area contributed by atoms with Crippen molar-refractivity contribution >= 4 is 5.97 Å². The van der Waals surface area contributed by atoms with Crippen LogP contribution < -0.4 is 0 Å². The number of fused-ring (bicyclic) bond motifs is 1. The Bertz CT molecular complexity index is 464. The molecule has 2 rings (SSSR count). The first-order chi connectivity index (χ1) is 11.1. The van der Waals surface area contributed by atoms with Crippen LogP contribution in [-0.2, 0) is 9.53 Å². The van der Waals surface area contributed by atoms with Gasteiger partial charge in [0.05, 0.1) is 18.3 Å². The van der Waals surface area contributed by atoms with E-state index in [1.165, 1.54) is 6.08 Å². The first kappa shape index (κ1) is 11.5. The molecule has 112 valence electrons. The molecule has 20 heavy (non-hydrogen) atoms. The number of carbonyl (C=O) groups excluding carboxylic acids is 1. The molecule has 0 bridgehead atoms. The Kier molecular flexibility index (Phi) is 3.74. The van der Waals surface area contributed by atoms with E-state index >= 15 is 0 Å². The molecule has 1 heterocycles. The van der Waals surface area contributed by atoms with E-state index in [0.29, 0.717) is 19.3 Å². The molecule has 0 aromatic rings. The number of aliphatic hydroxyl groups excluding tert-OH is 3. The predicted molar refractivity (Wildman–Crippen MR) is 72.8 cm³/mol. The van der Waals surface area contributed by atoms with Crippen LogP contribution >= 0.6 is 0 Å². The fourth-order valence-corrected chi connectivity index (χ4v) is 2.67. The van der Waals surface area contributed by atoms with Crippen LogP contribution in [0.5, 0.6) is 0 Å². The van der Waals surface area contributed by atoms with Gasteiger partial charge < -0.3 is 20.1 Å². The van der Waals surface area contributed by atoms with Crippen LogP contribution in [0.2, 0.25) is 0 Å². The number of hydrogen-bond acceptors (Lipinski definition) is 5. The summed E-state index contributed by atoms with van der Waals surface area (Å²) in [7, 11) is 0. The highest BCUT2D eigenvalue weighted by Gasteiger charge is 2.42. The SMILES string of the molecule is [3H]OC(C=C[C@H]1C2=CC(=O)O[C@H]2C[C@H]1O[3H])CCC(CC)O[3H]. The van der Waals surface area contributed by atoms with E-state index in [1.54, 1.807) is 6.08 Å². The molecule has 3 N–H and O–H groups in total. The van der Waals surface area contributed by atoms with E-state index < -0.39 is 6.10 Å². The Morgan fingerprint density at radius 3 is 3.15 bits per heavy atom. The summed E-state index contributed by atoms with van der Waals surface area (Å²) in [6, 6.07) is 0. The molecule has 0 aromatic carbocycles. The van der Waals surface area contributed by atoms with Gasteiger partial charge in [0, 0.05) is 18.4 Å². The van der Waals surface area contributed by atoms with Gasteiger partial charge in [0.2, 0.25) is 4.29 Å². The fraction of sp³-hybridized carbons (Fsp3) is 0.667. The van der Waals surface area contributed by atoms with Gasteiger partial charge in [-0.05, 0) is 24.8 Å². The third kappa shape index (κ3) is 3.48. The second kappa shape index (κ2) is 6.52. The number of esters is 1. The quantitative estimate of drug-likeness (QED) is 0.429. The van der Waals surface area contributed by atoms with E-state index in [4.69, 9.17) is 19.2 Å². The Labute approximate surface area is 123 Å². The first-order valence-electron chi connectivity index (χ1n) is 8.31. The van der Waals surface area contributed by atoms with Crippen molar-refractivity contribution in [3.8, 4) is 0 Å². The fourth-order valence-electron chi connectivity index (χ4n) is 2.67. The summed E-state index contributed by atoms with van der Waals surface area (Å²) < 4.78 is 26.4. The summed E-state index contributed by atoms with van der Waals surface area (Å²) in [5, 5.41) is 14.0. The first-order valence-corrected chi connectivity index (χ1v) is 7.09. The van der Waals surface area contributed by atoms with Crippen molar-refractivity contribution in [2.24, 2.45) is 5.92 Å². The molecule has 5 nitrogen and oxygen atoms in total. The normalized spacial score (nSPS) is 34.0. The number of rotatable bonds is 9. The third-order valence-corrected chi connectivity index (χ3v) is 3.91. The molecule has 1 saturated carbocycles. The smallest absolute Gasteiger partial charge is 0.331 e. The van der Waals surface area contributed by atoms with E-state index in [1.807, 2.05) is 13.0 Å². The van der Waals surface area contributed by atoms with Crippen LogP contribution in [-0.4, -0.2) is 50.0 Å². The maximum Gasteiger partial charge on any atom is 0.331 e. The highest BCUT2D eigenvalue weighted by molar-refractivity contribution is 5.86. The third-order valence-electron chi connectivity index (χ3n) is 3.91. The van der Waals surface area contributed by atoms with Crippen LogP contribution in [0.15, 0.2) is 23.8 Å².